The van der Waals surface area contributed by atoms with E-state index in [4.69, 9.17) is 4.74 Å². The molecule has 0 aromatic heterocycles. The predicted molar refractivity (Wildman–Crippen MR) is 54.3 cm³/mol. The molecule has 2 atom stereocenters. The molecule has 0 amide bonds. The Hall–Kier alpha value is -1.05. The first-order chi connectivity index (χ1) is 6.07. The number of rotatable bonds is 5. The second-order valence-corrected chi connectivity index (χ2v) is 3.19. The normalized spacial score (nSPS) is 15.3. The second kappa shape index (κ2) is 6.46. The lowest BCUT2D eigenvalue weighted by Crippen LogP contribution is -2.20. The Bertz CT molecular complexity index is 194. The van der Waals surface area contributed by atoms with Gasteiger partial charge in [-0.1, -0.05) is 31.7 Å². The summed E-state index contributed by atoms with van der Waals surface area (Å²) in [5.41, 5.74) is 0. The summed E-state index contributed by atoms with van der Waals surface area (Å²) < 4.78 is 5.04. The fraction of sp³-hybridized carbons (Fsp3) is 0.545. The van der Waals surface area contributed by atoms with E-state index in [1.54, 1.807) is 6.08 Å². The van der Waals surface area contributed by atoms with Crippen LogP contribution in [-0.2, 0) is 9.53 Å². The summed E-state index contributed by atoms with van der Waals surface area (Å²) in [6, 6.07) is 0. The van der Waals surface area contributed by atoms with Gasteiger partial charge in [0.25, 0.3) is 0 Å². The first-order valence-corrected chi connectivity index (χ1v) is 4.52. The maximum Gasteiger partial charge on any atom is 0.302 e. The molecule has 0 fully saturated rings. The minimum Gasteiger partial charge on any atom is -0.463 e. The standard InChI is InChI=1S/C11H18O2/c1-5-6-7-8-9(2)10(3)13-11(4)12/h5-7,9-10H,1,8H2,2-4H3/b7-6-. The van der Waals surface area contributed by atoms with Crippen molar-refractivity contribution >= 4 is 5.97 Å². The van der Waals surface area contributed by atoms with E-state index in [-0.39, 0.29) is 12.1 Å². The Morgan fingerprint density at radius 2 is 2.15 bits per heavy atom. The van der Waals surface area contributed by atoms with E-state index in [9.17, 15) is 4.79 Å². The highest BCUT2D eigenvalue weighted by molar-refractivity contribution is 5.66. The molecular formula is C11H18O2. The van der Waals surface area contributed by atoms with Crippen LogP contribution >= 0.6 is 0 Å². The summed E-state index contributed by atoms with van der Waals surface area (Å²) in [4.78, 5) is 10.6. The van der Waals surface area contributed by atoms with Crippen molar-refractivity contribution in [2.75, 3.05) is 0 Å². The zero-order valence-corrected chi connectivity index (χ0v) is 8.62. The number of esters is 1. The molecule has 0 aliphatic rings. The number of carbonyl (C=O) groups excluding carboxylic acids is 1. The van der Waals surface area contributed by atoms with Crippen LogP contribution < -0.4 is 0 Å². The van der Waals surface area contributed by atoms with Gasteiger partial charge in [0.05, 0.1) is 0 Å². The Balaban J connectivity index is 3.81. The number of allylic oxidation sites excluding steroid dienone is 3. The first-order valence-electron chi connectivity index (χ1n) is 4.52. The molecule has 0 saturated carbocycles. The lowest BCUT2D eigenvalue weighted by atomic mass is 10.0. The minimum atomic E-state index is -0.216. The van der Waals surface area contributed by atoms with Crippen LogP contribution in [0.1, 0.15) is 27.2 Å². The van der Waals surface area contributed by atoms with Crippen molar-refractivity contribution in [3.8, 4) is 0 Å². The van der Waals surface area contributed by atoms with E-state index in [1.165, 1.54) is 6.92 Å². The Morgan fingerprint density at radius 3 is 2.62 bits per heavy atom. The summed E-state index contributed by atoms with van der Waals surface area (Å²) in [5.74, 6) is 0.132. The molecule has 0 aliphatic heterocycles. The third-order valence-electron chi connectivity index (χ3n) is 1.93. The maximum absolute atomic E-state index is 10.6. The molecule has 0 radical (unpaired) electrons. The zero-order chi connectivity index (χ0) is 10.3. The van der Waals surface area contributed by atoms with Crippen LogP contribution in [0.5, 0.6) is 0 Å². The van der Waals surface area contributed by atoms with Crippen molar-refractivity contribution in [3.05, 3.63) is 24.8 Å². The topological polar surface area (TPSA) is 26.3 Å². The summed E-state index contributed by atoms with van der Waals surface area (Å²) in [6.45, 7) is 8.98. The summed E-state index contributed by atoms with van der Waals surface area (Å²) in [6.07, 6.45) is 6.55. The molecule has 74 valence electrons. The van der Waals surface area contributed by atoms with Crippen molar-refractivity contribution in [2.24, 2.45) is 5.92 Å². The fourth-order valence-electron chi connectivity index (χ4n) is 0.959. The fourth-order valence-corrected chi connectivity index (χ4v) is 0.959. The molecule has 0 aliphatic carbocycles. The van der Waals surface area contributed by atoms with E-state index >= 15 is 0 Å². The molecule has 0 spiro atoms. The molecule has 0 bridgehead atoms. The lowest BCUT2D eigenvalue weighted by molar-refractivity contribution is -0.147. The zero-order valence-electron chi connectivity index (χ0n) is 8.62. The average molecular weight is 182 g/mol. The van der Waals surface area contributed by atoms with Crippen molar-refractivity contribution in [1.29, 1.82) is 0 Å². The highest BCUT2D eigenvalue weighted by Crippen LogP contribution is 2.12. The molecule has 0 aromatic rings. The van der Waals surface area contributed by atoms with Gasteiger partial charge in [0, 0.05) is 6.92 Å². The number of ether oxygens (including phenoxy) is 1. The molecule has 0 rings (SSSR count). The Kier molecular flexibility index (Phi) is 5.94. The van der Waals surface area contributed by atoms with Gasteiger partial charge in [0.2, 0.25) is 0 Å². The molecule has 2 unspecified atom stereocenters. The van der Waals surface area contributed by atoms with Crippen molar-refractivity contribution in [1.82, 2.24) is 0 Å². The summed E-state index contributed by atoms with van der Waals surface area (Å²) in [5, 5.41) is 0. The van der Waals surface area contributed by atoms with Crippen molar-refractivity contribution < 1.29 is 9.53 Å². The highest BCUT2D eigenvalue weighted by Gasteiger charge is 2.12. The van der Waals surface area contributed by atoms with E-state index in [2.05, 4.69) is 13.5 Å². The van der Waals surface area contributed by atoms with Gasteiger partial charge in [-0.3, -0.25) is 4.79 Å². The quantitative estimate of drug-likeness (QED) is 0.482. The van der Waals surface area contributed by atoms with E-state index in [1.807, 2.05) is 19.1 Å². The second-order valence-electron chi connectivity index (χ2n) is 3.19. The first kappa shape index (κ1) is 11.9. The summed E-state index contributed by atoms with van der Waals surface area (Å²) in [7, 11) is 0. The molecule has 2 heteroatoms. The van der Waals surface area contributed by atoms with Crippen molar-refractivity contribution in [2.45, 2.75) is 33.3 Å². The van der Waals surface area contributed by atoms with Crippen LogP contribution in [0.25, 0.3) is 0 Å². The third kappa shape index (κ3) is 6.14. The summed E-state index contributed by atoms with van der Waals surface area (Å²) >= 11 is 0. The molecule has 13 heavy (non-hydrogen) atoms. The molecule has 0 heterocycles. The highest BCUT2D eigenvalue weighted by atomic mass is 16.5. The minimum absolute atomic E-state index is 0.0213. The van der Waals surface area contributed by atoms with Gasteiger partial charge >= 0.3 is 5.97 Å². The Labute approximate surface area is 80.3 Å². The predicted octanol–water partition coefficient (Wildman–Crippen LogP) is 2.71. The number of hydrogen-bond acceptors (Lipinski definition) is 2. The maximum atomic E-state index is 10.6. The SMILES string of the molecule is C=C/C=C\CC(C)C(C)OC(C)=O. The van der Waals surface area contributed by atoms with Gasteiger partial charge < -0.3 is 4.74 Å². The molecule has 0 N–H and O–H groups in total. The molecule has 0 saturated heterocycles. The monoisotopic (exact) mass is 182 g/mol. The Morgan fingerprint density at radius 1 is 1.54 bits per heavy atom. The average Bonchev–Trinajstić information content (AvgIpc) is 2.03. The van der Waals surface area contributed by atoms with Gasteiger partial charge in [0.1, 0.15) is 6.10 Å². The van der Waals surface area contributed by atoms with Gasteiger partial charge in [-0.15, -0.1) is 0 Å². The van der Waals surface area contributed by atoms with Gasteiger partial charge in [-0.25, -0.2) is 0 Å². The van der Waals surface area contributed by atoms with Crippen LogP contribution in [0, 0.1) is 5.92 Å². The largest absolute Gasteiger partial charge is 0.463 e. The van der Waals surface area contributed by atoms with E-state index < -0.39 is 0 Å². The molecule has 0 aromatic carbocycles. The number of hydrogen-bond donors (Lipinski definition) is 0. The number of carbonyl (C=O) groups is 1. The van der Waals surface area contributed by atoms with Crippen LogP contribution in [0.3, 0.4) is 0 Å². The van der Waals surface area contributed by atoms with E-state index in [0.29, 0.717) is 5.92 Å². The van der Waals surface area contributed by atoms with Gasteiger partial charge in [0.15, 0.2) is 0 Å². The van der Waals surface area contributed by atoms with Crippen molar-refractivity contribution in [3.63, 3.8) is 0 Å². The smallest absolute Gasteiger partial charge is 0.302 e. The van der Waals surface area contributed by atoms with Crippen LogP contribution in [-0.4, -0.2) is 12.1 Å². The van der Waals surface area contributed by atoms with Gasteiger partial charge in [-0.2, -0.15) is 0 Å². The molecular weight excluding hydrogens is 164 g/mol. The van der Waals surface area contributed by atoms with Crippen LogP contribution in [0.4, 0.5) is 0 Å². The molecule has 2 nitrogen and oxygen atoms in total. The lowest BCUT2D eigenvalue weighted by Gasteiger charge is -2.17. The third-order valence-corrected chi connectivity index (χ3v) is 1.93. The van der Waals surface area contributed by atoms with E-state index in [0.717, 1.165) is 6.42 Å². The van der Waals surface area contributed by atoms with Gasteiger partial charge in [-0.05, 0) is 19.3 Å². The van der Waals surface area contributed by atoms with Crippen LogP contribution in [0.15, 0.2) is 24.8 Å². The van der Waals surface area contributed by atoms with Crippen LogP contribution in [0.2, 0.25) is 0 Å².